The fourth-order valence-electron chi connectivity index (χ4n) is 5.88. The Morgan fingerprint density at radius 3 is 2.77 bits per heavy atom. The first kappa shape index (κ1) is 29.7. The first-order valence-electron chi connectivity index (χ1n) is 15.3. The molecule has 4 aromatic heterocycles. The van der Waals surface area contributed by atoms with Gasteiger partial charge in [-0.25, -0.2) is 24.4 Å². The average molecular weight is 674 g/mol. The lowest BCUT2D eigenvalue weighted by Gasteiger charge is -2.29. The molecule has 13 heteroatoms. The number of hydrogen-bond donors (Lipinski definition) is 2. The van der Waals surface area contributed by atoms with Crippen LogP contribution in [0.15, 0.2) is 91.3 Å². The van der Waals surface area contributed by atoms with Crippen molar-refractivity contribution in [2.45, 2.75) is 19.4 Å². The second kappa shape index (κ2) is 12.5. The van der Waals surface area contributed by atoms with Gasteiger partial charge in [0.25, 0.3) is 5.91 Å². The quantitative estimate of drug-likeness (QED) is 0.173. The number of ether oxygens (including phenoxy) is 1. The summed E-state index contributed by atoms with van der Waals surface area (Å²) < 4.78 is 8.83. The zero-order chi connectivity index (χ0) is 32.6. The van der Waals surface area contributed by atoms with Gasteiger partial charge in [-0.15, -0.1) is 11.3 Å². The summed E-state index contributed by atoms with van der Waals surface area (Å²) in [6, 6.07) is 24.9. The van der Waals surface area contributed by atoms with E-state index in [1.807, 2.05) is 83.8 Å². The number of thiazole rings is 2. The van der Waals surface area contributed by atoms with Crippen LogP contribution in [0.3, 0.4) is 0 Å². The summed E-state index contributed by atoms with van der Waals surface area (Å²) in [5.41, 5.74) is 4.99. The highest BCUT2D eigenvalue weighted by atomic mass is 32.1. The summed E-state index contributed by atoms with van der Waals surface area (Å²) >= 11 is 2.78. The number of carboxylic acids is 1. The van der Waals surface area contributed by atoms with Crippen LogP contribution in [0, 0.1) is 0 Å². The number of carbonyl (C=O) groups excluding carboxylic acids is 1. The van der Waals surface area contributed by atoms with Crippen molar-refractivity contribution in [2.24, 2.45) is 0 Å². The van der Waals surface area contributed by atoms with Crippen LogP contribution in [0.5, 0.6) is 5.75 Å². The molecule has 3 aromatic carbocycles. The number of pyridine rings is 1. The summed E-state index contributed by atoms with van der Waals surface area (Å²) in [6.45, 7) is 1.36. The summed E-state index contributed by atoms with van der Waals surface area (Å²) in [6.07, 6.45) is 4.57. The van der Waals surface area contributed by atoms with E-state index in [4.69, 9.17) is 4.74 Å². The molecule has 7 aromatic rings. The minimum atomic E-state index is -1.08. The van der Waals surface area contributed by atoms with Gasteiger partial charge in [-0.3, -0.25) is 10.1 Å². The van der Waals surface area contributed by atoms with Crippen LogP contribution in [-0.2, 0) is 19.4 Å². The molecule has 0 saturated heterocycles. The molecular weight excluding hydrogens is 647 g/mol. The lowest BCUT2D eigenvalue weighted by molar-refractivity contribution is 0.0690. The molecule has 2 N–H and O–H groups in total. The predicted octanol–water partition coefficient (Wildman–Crippen LogP) is 6.62. The standard InChI is InChI=1S/C35H27N7O4S2/c43-32(40-34-38-27-11-1-2-12-28(27)47-34)25-10-3-6-21-13-16-41(20-26(21)25)35-39-30(33(44)45)29(48-35)14-17-46-24-9-4-8-23(18-24)42-31-22(19-37-42)7-5-15-36-31/h1-12,15,18-19H,13-14,16-17,20H2,(H,44,45)(H,38,40,43). The number of anilines is 2. The number of carbonyl (C=O) groups is 2. The van der Waals surface area contributed by atoms with Crippen LogP contribution in [0.4, 0.5) is 10.3 Å². The van der Waals surface area contributed by atoms with Crippen molar-refractivity contribution in [3.63, 3.8) is 0 Å². The largest absolute Gasteiger partial charge is 0.493 e. The van der Waals surface area contributed by atoms with Gasteiger partial charge in [-0.1, -0.05) is 41.7 Å². The third kappa shape index (κ3) is 5.73. The lowest BCUT2D eigenvalue weighted by atomic mass is 9.94. The van der Waals surface area contributed by atoms with Gasteiger partial charge in [0.2, 0.25) is 0 Å². The molecule has 0 atom stereocenters. The van der Waals surface area contributed by atoms with E-state index in [1.165, 1.54) is 22.7 Å². The highest BCUT2D eigenvalue weighted by Gasteiger charge is 2.27. The number of fused-ring (bicyclic) bond motifs is 3. The van der Waals surface area contributed by atoms with E-state index in [0.29, 0.717) is 52.4 Å². The molecule has 8 rings (SSSR count). The fraction of sp³-hybridized carbons (Fsp3) is 0.143. The van der Waals surface area contributed by atoms with Crippen LogP contribution in [0.1, 0.15) is 36.9 Å². The molecule has 5 heterocycles. The van der Waals surface area contributed by atoms with Crippen LogP contribution < -0.4 is 15.0 Å². The van der Waals surface area contributed by atoms with Crippen molar-refractivity contribution in [3.05, 3.63) is 119 Å². The summed E-state index contributed by atoms with van der Waals surface area (Å²) in [4.78, 5) is 41.9. The Hall–Kier alpha value is -5.66. The maximum absolute atomic E-state index is 13.5. The molecule has 1 aliphatic rings. The molecule has 0 radical (unpaired) electrons. The van der Waals surface area contributed by atoms with Crippen molar-refractivity contribution < 1.29 is 19.4 Å². The minimum absolute atomic E-state index is 0.0223. The first-order chi connectivity index (χ1) is 23.5. The summed E-state index contributed by atoms with van der Waals surface area (Å²) in [5, 5.41) is 19.5. The maximum Gasteiger partial charge on any atom is 0.355 e. The summed E-state index contributed by atoms with van der Waals surface area (Å²) in [5.74, 6) is -0.670. The number of nitrogens with one attached hydrogen (secondary N) is 1. The van der Waals surface area contributed by atoms with Gasteiger partial charge in [0, 0.05) is 47.6 Å². The van der Waals surface area contributed by atoms with Gasteiger partial charge in [0.1, 0.15) is 5.75 Å². The fourth-order valence-corrected chi connectivity index (χ4v) is 7.79. The molecule has 1 amide bonds. The molecule has 48 heavy (non-hydrogen) atoms. The van der Waals surface area contributed by atoms with Gasteiger partial charge < -0.3 is 14.7 Å². The molecule has 0 aliphatic carbocycles. The van der Waals surface area contributed by atoms with Gasteiger partial charge in [-0.2, -0.15) is 5.10 Å². The Morgan fingerprint density at radius 2 is 1.88 bits per heavy atom. The highest BCUT2D eigenvalue weighted by Crippen LogP contribution is 2.33. The predicted molar refractivity (Wildman–Crippen MR) is 186 cm³/mol. The monoisotopic (exact) mass is 673 g/mol. The number of rotatable bonds is 9. The Labute approximate surface area is 282 Å². The molecule has 0 bridgehead atoms. The zero-order valence-corrected chi connectivity index (χ0v) is 27.0. The zero-order valence-electron chi connectivity index (χ0n) is 25.4. The van der Waals surface area contributed by atoms with E-state index >= 15 is 0 Å². The van der Waals surface area contributed by atoms with Gasteiger partial charge in [-0.05, 0) is 60.0 Å². The van der Waals surface area contributed by atoms with Gasteiger partial charge in [0.15, 0.2) is 21.6 Å². The Kier molecular flexibility index (Phi) is 7.74. The lowest BCUT2D eigenvalue weighted by Crippen LogP contribution is -2.32. The van der Waals surface area contributed by atoms with E-state index in [9.17, 15) is 14.7 Å². The molecule has 1 aliphatic heterocycles. The van der Waals surface area contributed by atoms with Crippen LogP contribution in [0.2, 0.25) is 0 Å². The number of aromatic nitrogens is 5. The minimum Gasteiger partial charge on any atom is -0.493 e. The number of para-hydroxylation sites is 1. The van der Waals surface area contributed by atoms with Crippen molar-refractivity contribution in [3.8, 4) is 11.4 Å². The SMILES string of the molecule is O=C(Nc1nc2ccccc2s1)c1cccc2c1CN(c1nc(C(=O)O)c(CCOc3cccc(-n4ncc5cccnc54)c3)s1)CC2. The van der Waals surface area contributed by atoms with Crippen molar-refractivity contribution >= 4 is 66.1 Å². The van der Waals surface area contributed by atoms with Gasteiger partial charge >= 0.3 is 5.97 Å². The third-order valence-corrected chi connectivity index (χ3v) is 10.3. The van der Waals surface area contributed by atoms with E-state index in [2.05, 4.69) is 25.4 Å². The Bertz CT molecular complexity index is 2300. The average Bonchev–Trinajstić information content (AvgIpc) is 3.85. The smallest absolute Gasteiger partial charge is 0.355 e. The number of aromatic carboxylic acids is 1. The molecule has 0 fully saturated rings. The second-order valence-corrected chi connectivity index (χ2v) is 13.3. The number of nitrogens with zero attached hydrogens (tertiary/aromatic N) is 6. The van der Waals surface area contributed by atoms with E-state index in [0.717, 1.165) is 38.1 Å². The van der Waals surface area contributed by atoms with E-state index < -0.39 is 5.97 Å². The molecule has 0 unspecified atom stereocenters. The molecule has 238 valence electrons. The third-order valence-electron chi connectivity index (χ3n) is 8.18. The Balaban J connectivity index is 0.973. The van der Waals surface area contributed by atoms with Crippen LogP contribution in [-0.4, -0.2) is 54.9 Å². The topological polar surface area (TPSA) is 135 Å². The Morgan fingerprint density at radius 1 is 0.979 bits per heavy atom. The van der Waals surface area contributed by atoms with E-state index in [-0.39, 0.29) is 18.2 Å². The van der Waals surface area contributed by atoms with Crippen molar-refractivity contribution in [1.82, 2.24) is 24.7 Å². The second-order valence-electron chi connectivity index (χ2n) is 11.2. The number of benzene rings is 3. The molecule has 0 saturated carbocycles. The van der Waals surface area contributed by atoms with Crippen LogP contribution >= 0.6 is 22.7 Å². The van der Waals surface area contributed by atoms with Gasteiger partial charge in [0.05, 0.1) is 28.7 Å². The molecule has 11 nitrogen and oxygen atoms in total. The van der Waals surface area contributed by atoms with Crippen LogP contribution in [0.25, 0.3) is 26.9 Å². The number of hydrogen-bond acceptors (Lipinski definition) is 10. The number of carboxylic acid groups (broad SMARTS) is 1. The molecular formula is C35H27N7O4S2. The first-order valence-corrected chi connectivity index (χ1v) is 16.9. The molecule has 0 spiro atoms. The summed E-state index contributed by atoms with van der Waals surface area (Å²) in [7, 11) is 0. The normalized spacial score (nSPS) is 12.7. The van der Waals surface area contributed by atoms with E-state index in [1.54, 1.807) is 17.1 Å². The van der Waals surface area contributed by atoms with Crippen molar-refractivity contribution in [1.29, 1.82) is 0 Å². The maximum atomic E-state index is 13.5. The highest BCUT2D eigenvalue weighted by molar-refractivity contribution is 7.22. The number of amides is 1. The van der Waals surface area contributed by atoms with Crippen molar-refractivity contribution in [2.75, 3.05) is 23.4 Å².